The molecule has 0 aromatic heterocycles. The SMILES string of the molecule is CC(=O)O[C@H](C)c1ccc(C(=O)CC(C)(C)C)cc1.CC(C)(C)CC(=O)c1ccc(C=O)cc1.CC(O)c1ccc(C(=O)CC(C)(C)C)cc1.CCOC(OCC)c1ccc(Br)cc1.CCOC(OCC)c1ccc(C(=O)CC(C)(C)C)cc1.CCOC(OCC)c1ccc(C(O)CC(C)(C)C)cc1.C[C@H](O)c1ccc(C(=O)CC(C)(C)C)cc1. The van der Waals surface area contributed by atoms with Crippen LogP contribution in [0, 0.1) is 32.5 Å². The van der Waals surface area contributed by atoms with Gasteiger partial charge >= 0.3 is 5.97 Å². The molecule has 0 bridgehead atoms. The number of ether oxygens (including phenoxy) is 7. The predicted molar refractivity (Wildman–Crippen MR) is 489 cm³/mol. The Bertz CT molecular complexity index is 3970. The summed E-state index contributed by atoms with van der Waals surface area (Å²) in [5, 5.41) is 28.9. The summed E-state index contributed by atoms with van der Waals surface area (Å²) in [6.07, 6.45) is 1.61. The van der Waals surface area contributed by atoms with Crippen LogP contribution in [0.1, 0.15) is 377 Å². The van der Waals surface area contributed by atoms with Gasteiger partial charge in [-0.15, -0.1) is 0 Å². The van der Waals surface area contributed by atoms with Crippen LogP contribution in [0.2, 0.25) is 0 Å². The van der Waals surface area contributed by atoms with Crippen molar-refractivity contribution in [2.75, 3.05) is 39.6 Å². The summed E-state index contributed by atoms with van der Waals surface area (Å²) in [5.74, 6) is 0.447. The molecule has 0 heterocycles. The van der Waals surface area contributed by atoms with Crippen molar-refractivity contribution >= 4 is 57.1 Å². The van der Waals surface area contributed by atoms with Crippen molar-refractivity contribution in [2.45, 2.75) is 276 Å². The van der Waals surface area contributed by atoms with Gasteiger partial charge in [-0.3, -0.25) is 33.6 Å². The number of rotatable bonds is 32. The molecule has 0 saturated heterocycles. The molecule has 0 aliphatic carbocycles. The highest BCUT2D eigenvalue weighted by Crippen LogP contribution is 2.33. The fourth-order valence-corrected chi connectivity index (χ4v) is 11.7. The number of halogens is 1. The van der Waals surface area contributed by atoms with E-state index >= 15 is 0 Å². The summed E-state index contributed by atoms with van der Waals surface area (Å²) in [6.45, 7) is 59.2. The largest absolute Gasteiger partial charge is 0.458 e. The predicted octanol–water partition coefficient (Wildman–Crippen LogP) is 25.9. The van der Waals surface area contributed by atoms with Gasteiger partial charge in [-0.2, -0.15) is 0 Å². The quantitative estimate of drug-likeness (QED) is 0.0154. The maximum absolute atomic E-state index is 12.1. The van der Waals surface area contributed by atoms with Gasteiger partial charge in [0, 0.05) is 133 Å². The van der Waals surface area contributed by atoms with E-state index in [4.69, 9.17) is 33.2 Å². The molecule has 0 aliphatic rings. The lowest BCUT2D eigenvalue weighted by Gasteiger charge is -2.23. The highest BCUT2D eigenvalue weighted by atomic mass is 79.9. The number of aliphatic hydroxyl groups excluding tert-OH is 3. The van der Waals surface area contributed by atoms with Gasteiger partial charge in [0.2, 0.25) is 0 Å². The molecule has 664 valence electrons. The fraction of sp³-hybridized carbons (Fsp3) is 0.520. The zero-order valence-corrected chi connectivity index (χ0v) is 79.3. The van der Waals surface area contributed by atoms with E-state index in [2.05, 4.69) is 99.0 Å². The van der Waals surface area contributed by atoms with Crippen LogP contribution in [0.5, 0.6) is 0 Å². The van der Waals surface area contributed by atoms with Crippen LogP contribution in [-0.2, 0) is 38.0 Å². The molecular formula is C102H147BrO17. The Labute approximate surface area is 729 Å². The Hall–Kier alpha value is -7.85. The minimum atomic E-state index is -0.480. The van der Waals surface area contributed by atoms with Gasteiger partial charge in [-0.1, -0.05) is 298 Å². The number of aliphatic hydroxyl groups is 3. The van der Waals surface area contributed by atoms with E-state index in [1.54, 1.807) is 98.8 Å². The van der Waals surface area contributed by atoms with Crippen LogP contribution in [0.25, 0.3) is 0 Å². The fourth-order valence-electron chi connectivity index (χ4n) is 11.5. The van der Waals surface area contributed by atoms with E-state index in [-0.39, 0.29) is 92.3 Å². The van der Waals surface area contributed by atoms with Crippen LogP contribution < -0.4 is 0 Å². The zero-order chi connectivity index (χ0) is 91.5. The molecular weight excluding hydrogens is 1580 g/mol. The minimum absolute atomic E-state index is 0.000411. The summed E-state index contributed by atoms with van der Waals surface area (Å²) in [6, 6.07) is 51.7. The van der Waals surface area contributed by atoms with Gasteiger partial charge < -0.3 is 48.5 Å². The first-order valence-corrected chi connectivity index (χ1v) is 42.9. The van der Waals surface area contributed by atoms with Crippen molar-refractivity contribution in [2.24, 2.45) is 32.5 Å². The monoisotopic (exact) mass is 1720 g/mol. The Balaban J connectivity index is 0.000000702. The van der Waals surface area contributed by atoms with Gasteiger partial charge in [0.05, 0.1) is 18.3 Å². The second kappa shape index (κ2) is 54.6. The Morgan fingerprint density at radius 3 is 0.733 bits per heavy atom. The summed E-state index contributed by atoms with van der Waals surface area (Å²) in [4.78, 5) is 81.0. The van der Waals surface area contributed by atoms with Gasteiger partial charge in [-0.25, -0.2) is 0 Å². The second-order valence-corrected chi connectivity index (χ2v) is 37.8. The first-order valence-electron chi connectivity index (χ1n) is 42.1. The minimum Gasteiger partial charge on any atom is -0.458 e. The van der Waals surface area contributed by atoms with Crippen LogP contribution in [0.3, 0.4) is 0 Å². The molecule has 0 saturated carbocycles. The summed E-state index contributed by atoms with van der Waals surface area (Å²) >= 11 is 3.39. The number of esters is 1. The van der Waals surface area contributed by atoms with Gasteiger partial charge in [0.1, 0.15) is 12.4 Å². The topological polar surface area (TPSA) is 245 Å². The lowest BCUT2D eigenvalue weighted by Crippen LogP contribution is -2.13. The van der Waals surface area contributed by atoms with Crippen LogP contribution in [-0.4, -0.2) is 96.1 Å². The molecule has 0 aliphatic heterocycles. The van der Waals surface area contributed by atoms with E-state index in [0.717, 1.165) is 72.8 Å². The number of hydrogen-bond acceptors (Lipinski definition) is 17. The van der Waals surface area contributed by atoms with Crippen molar-refractivity contribution in [3.05, 3.63) is 247 Å². The Kier molecular flexibility index (Phi) is 50.1. The van der Waals surface area contributed by atoms with Crippen molar-refractivity contribution < 1.29 is 82.0 Å². The van der Waals surface area contributed by atoms with Crippen molar-refractivity contribution in [3.8, 4) is 0 Å². The van der Waals surface area contributed by atoms with Gasteiger partial charge in [0.25, 0.3) is 0 Å². The molecule has 0 radical (unpaired) electrons. The number of hydrogen-bond donors (Lipinski definition) is 3. The molecule has 2 unspecified atom stereocenters. The molecule has 0 amide bonds. The Morgan fingerprint density at radius 1 is 0.317 bits per heavy atom. The normalized spacial score (nSPS) is 12.6. The number of ketones is 5. The first-order chi connectivity index (χ1) is 55.7. The first kappa shape index (κ1) is 110. The van der Waals surface area contributed by atoms with Gasteiger partial charge in [-0.05, 0) is 136 Å². The summed E-state index contributed by atoms with van der Waals surface area (Å²) < 4.78 is 39.3. The van der Waals surface area contributed by atoms with Crippen molar-refractivity contribution in [3.63, 3.8) is 0 Å². The lowest BCUT2D eigenvalue weighted by atomic mass is 9.87. The zero-order valence-electron chi connectivity index (χ0n) is 77.7. The Morgan fingerprint density at radius 2 is 0.525 bits per heavy atom. The molecule has 7 aromatic carbocycles. The lowest BCUT2D eigenvalue weighted by molar-refractivity contribution is -0.145. The van der Waals surface area contributed by atoms with Crippen molar-refractivity contribution in [1.29, 1.82) is 0 Å². The van der Waals surface area contributed by atoms with E-state index in [0.29, 0.717) is 88.4 Å². The van der Waals surface area contributed by atoms with Crippen molar-refractivity contribution in [1.82, 2.24) is 0 Å². The van der Waals surface area contributed by atoms with Gasteiger partial charge in [0.15, 0.2) is 47.8 Å². The molecule has 0 spiro atoms. The highest BCUT2D eigenvalue weighted by Gasteiger charge is 2.25. The molecule has 0 fully saturated rings. The van der Waals surface area contributed by atoms with Crippen LogP contribution in [0.4, 0.5) is 0 Å². The number of Topliss-reactive ketones (excluding diaryl/α,β-unsaturated/α-hetero) is 5. The van der Waals surface area contributed by atoms with E-state index in [1.807, 2.05) is 175 Å². The van der Waals surface area contributed by atoms with Crippen LogP contribution in [0.15, 0.2) is 174 Å². The maximum Gasteiger partial charge on any atom is 0.303 e. The summed E-state index contributed by atoms with van der Waals surface area (Å²) in [5.41, 5.74) is 10.8. The van der Waals surface area contributed by atoms with E-state index in [9.17, 15) is 48.9 Å². The molecule has 7 aromatic rings. The number of aldehydes is 1. The van der Waals surface area contributed by atoms with E-state index in [1.165, 1.54) is 6.92 Å². The molecule has 3 N–H and O–H groups in total. The highest BCUT2D eigenvalue weighted by molar-refractivity contribution is 9.10. The third-order valence-corrected chi connectivity index (χ3v) is 17.8. The number of benzene rings is 7. The number of carbonyl (C=O) groups is 7. The maximum atomic E-state index is 12.1. The molecule has 18 heteroatoms. The summed E-state index contributed by atoms with van der Waals surface area (Å²) in [7, 11) is 0. The third kappa shape index (κ3) is 48.7. The number of carbonyl (C=O) groups excluding carboxylic acids is 7. The van der Waals surface area contributed by atoms with E-state index < -0.39 is 18.3 Å². The molecule has 4 atom stereocenters. The molecule has 7 rings (SSSR count). The van der Waals surface area contributed by atoms with Crippen LogP contribution >= 0.6 is 15.9 Å². The molecule has 17 nitrogen and oxygen atoms in total. The standard InChI is InChI=1S/C17H28O3.C17H26O3.C16H22O3.2C14H20O2.C13H16O2.C11H15BrO2/c2*1-6-19-16(20-7-2)14-10-8-13(9-11-14)15(18)12-17(3,4)5;1-11(19-12(2)17)13-6-8-14(9-7-13)15(18)10-16(3,4)5;2*1-10(15)11-5-7-12(8-6-11)13(16)9-14(2,3)4;1-13(2,3)8-12(15)11-6-4-10(9-14)5-7-11;1-3-13-11(14-4-2)9-5-7-10(12)8-6-9/h8-11,15-16,18H,6-7,12H2,1-5H3;8-11,16H,6-7,12H2,1-5H3;6-9,11H,10H2,1-5H3;2*5-8,10,15H,9H2,1-4H3;4-7,9H,8H2,1-3H3;5-8,11H,3-4H2,1-2H3/t;;11-;10-;;;/m..10.../s1. The smallest absolute Gasteiger partial charge is 0.303 e. The average molecular weight is 1730 g/mol. The second-order valence-electron chi connectivity index (χ2n) is 36.9. The third-order valence-electron chi connectivity index (χ3n) is 17.3. The molecule has 120 heavy (non-hydrogen) atoms. The average Bonchev–Trinajstić information content (AvgIpc) is 0.839.